The smallest absolute Gasteiger partial charge is 0.250 e. The lowest BCUT2D eigenvalue weighted by Gasteiger charge is -2.09. The molecule has 0 aliphatic carbocycles. The summed E-state index contributed by atoms with van der Waals surface area (Å²) in [5, 5.41) is 0.894. The Kier molecular flexibility index (Phi) is 8.36. The Hall–Kier alpha value is -2.66. The number of allylic oxidation sites excluding steroid dienone is 5. The molecule has 1 heterocycles. The molecule has 0 saturated heterocycles. The zero-order chi connectivity index (χ0) is 18.8. The van der Waals surface area contributed by atoms with Crippen molar-refractivity contribution in [2.45, 2.75) is 13.8 Å². The number of pyridine rings is 1. The maximum atomic E-state index is 12.4. The van der Waals surface area contributed by atoms with Gasteiger partial charge in [0.1, 0.15) is 11.0 Å². The van der Waals surface area contributed by atoms with Crippen LogP contribution >= 0.6 is 0 Å². The first-order valence-corrected chi connectivity index (χ1v) is 9.12. The van der Waals surface area contributed by atoms with Crippen molar-refractivity contribution in [3.63, 3.8) is 0 Å². The molecule has 5 heteroatoms. The third-order valence-corrected chi connectivity index (χ3v) is 4.35. The van der Waals surface area contributed by atoms with Gasteiger partial charge in [0.2, 0.25) is 0 Å². The second-order valence-electron chi connectivity index (χ2n) is 4.77. The van der Waals surface area contributed by atoms with Crippen LogP contribution in [0, 0.1) is 0 Å². The molecule has 0 amide bonds. The number of hydrogen-bond acceptors (Lipinski definition) is 2. The maximum absolute atomic E-state index is 12.4. The minimum absolute atomic E-state index is 0.0625. The fourth-order valence-corrected chi connectivity index (χ4v) is 2.95. The van der Waals surface area contributed by atoms with Gasteiger partial charge >= 0.3 is 0 Å². The van der Waals surface area contributed by atoms with Crippen molar-refractivity contribution in [1.29, 1.82) is 0 Å². The Morgan fingerprint density at radius 1 is 1.16 bits per heavy atom. The molecular formula is C20H24N2O2S. The summed E-state index contributed by atoms with van der Waals surface area (Å²) in [4.78, 5) is 12.2. The number of nitrogens with zero attached hydrogens (tertiary/aromatic N) is 1. The number of hydrogen-bond donors (Lipinski definition) is 1. The van der Waals surface area contributed by atoms with Crippen molar-refractivity contribution in [1.82, 2.24) is 4.57 Å². The van der Waals surface area contributed by atoms with Gasteiger partial charge in [0.25, 0.3) is 5.56 Å². The van der Waals surface area contributed by atoms with Gasteiger partial charge in [-0.15, -0.1) is 0 Å². The summed E-state index contributed by atoms with van der Waals surface area (Å²) >= 11 is 0. The molecule has 0 fully saturated rings. The number of aromatic nitrogens is 1. The lowest BCUT2D eigenvalue weighted by molar-refractivity contribution is 0.690. The molecule has 0 bridgehead atoms. The van der Waals surface area contributed by atoms with Gasteiger partial charge in [0.05, 0.1) is 10.4 Å². The zero-order valence-electron chi connectivity index (χ0n) is 14.9. The van der Waals surface area contributed by atoms with Crippen molar-refractivity contribution in [3.8, 4) is 0 Å². The summed E-state index contributed by atoms with van der Waals surface area (Å²) in [5.74, 6) is 0. The zero-order valence-corrected chi connectivity index (χ0v) is 15.7. The van der Waals surface area contributed by atoms with E-state index in [9.17, 15) is 9.00 Å². The van der Waals surface area contributed by atoms with E-state index in [0.29, 0.717) is 10.6 Å². The second kappa shape index (κ2) is 10.3. The van der Waals surface area contributed by atoms with Crippen molar-refractivity contribution in [3.05, 3.63) is 89.1 Å². The van der Waals surface area contributed by atoms with E-state index in [0.717, 1.165) is 10.9 Å². The van der Waals surface area contributed by atoms with Crippen LogP contribution in [-0.4, -0.2) is 8.78 Å². The minimum Gasteiger partial charge on any atom is -0.311 e. The van der Waals surface area contributed by atoms with E-state index in [4.69, 9.17) is 0 Å². The predicted molar refractivity (Wildman–Crippen MR) is 110 cm³/mol. The molecular weight excluding hydrogens is 332 g/mol. The van der Waals surface area contributed by atoms with E-state index >= 15 is 0 Å². The number of anilines is 1. The highest BCUT2D eigenvalue weighted by molar-refractivity contribution is 7.90. The van der Waals surface area contributed by atoms with Gasteiger partial charge < -0.3 is 9.29 Å². The Bertz CT molecular complexity index is 892. The number of aryl methyl sites for hydroxylation is 1. The van der Waals surface area contributed by atoms with E-state index in [1.54, 1.807) is 54.1 Å². The van der Waals surface area contributed by atoms with Crippen molar-refractivity contribution >= 4 is 27.6 Å². The van der Waals surface area contributed by atoms with E-state index in [1.807, 2.05) is 26.0 Å². The molecule has 0 radical (unpaired) electrons. The summed E-state index contributed by atoms with van der Waals surface area (Å²) in [7, 11) is 0.297. The number of benzene rings is 1. The lowest BCUT2D eigenvalue weighted by Crippen LogP contribution is -2.15. The average molecular weight is 356 g/mol. The molecule has 1 atom stereocenters. The van der Waals surface area contributed by atoms with Crippen molar-refractivity contribution in [2.24, 2.45) is 7.05 Å². The van der Waals surface area contributed by atoms with Gasteiger partial charge in [0.15, 0.2) is 0 Å². The lowest BCUT2D eigenvalue weighted by atomic mass is 10.2. The van der Waals surface area contributed by atoms with Crippen LogP contribution in [0.15, 0.2) is 83.6 Å². The summed E-state index contributed by atoms with van der Waals surface area (Å²) in [6.45, 7) is 11.2. The van der Waals surface area contributed by atoms with Gasteiger partial charge in [-0.2, -0.15) is 0 Å². The van der Waals surface area contributed by atoms with Gasteiger partial charge in [0, 0.05) is 24.2 Å². The van der Waals surface area contributed by atoms with Crippen LogP contribution in [0.2, 0.25) is 0 Å². The molecule has 4 nitrogen and oxygen atoms in total. The van der Waals surface area contributed by atoms with Crippen LogP contribution in [0.1, 0.15) is 13.8 Å². The van der Waals surface area contributed by atoms with Crippen molar-refractivity contribution < 1.29 is 4.21 Å². The van der Waals surface area contributed by atoms with E-state index < -0.39 is 11.0 Å². The molecule has 132 valence electrons. The minimum atomic E-state index is -1.43. The number of nitrogens with one attached hydrogen (secondary N) is 1. The summed E-state index contributed by atoms with van der Waals surface area (Å²) < 4.78 is 16.9. The SMILES string of the molecule is C=C/C=C\C(=C/C=C)S(=O)Nc1ccc2c(ccc(=O)n2C)c1.CC. The summed E-state index contributed by atoms with van der Waals surface area (Å²) in [5.41, 5.74) is 1.46. The topological polar surface area (TPSA) is 51.1 Å². The van der Waals surface area contributed by atoms with Crippen LogP contribution in [0.3, 0.4) is 0 Å². The van der Waals surface area contributed by atoms with Crippen molar-refractivity contribution in [2.75, 3.05) is 4.72 Å². The van der Waals surface area contributed by atoms with Gasteiger partial charge in [-0.1, -0.05) is 45.2 Å². The summed E-state index contributed by atoms with van der Waals surface area (Å²) in [6.07, 6.45) is 8.30. The fraction of sp³-hybridized carbons (Fsp3) is 0.150. The molecule has 1 N–H and O–H groups in total. The molecule has 1 aromatic heterocycles. The first-order chi connectivity index (χ1) is 12.1. The number of rotatable bonds is 6. The monoisotopic (exact) mass is 356 g/mol. The number of fused-ring (bicyclic) bond motifs is 1. The molecule has 2 aromatic rings. The molecule has 0 saturated carbocycles. The first-order valence-electron chi connectivity index (χ1n) is 7.97. The normalized spacial score (nSPS) is 12.4. The van der Waals surface area contributed by atoms with E-state index in [-0.39, 0.29) is 5.56 Å². The highest BCUT2D eigenvalue weighted by Gasteiger charge is 2.06. The molecule has 0 spiro atoms. The maximum Gasteiger partial charge on any atom is 0.250 e. The molecule has 2 rings (SSSR count). The first kappa shape index (κ1) is 20.4. The Morgan fingerprint density at radius 3 is 2.52 bits per heavy atom. The molecule has 1 aromatic carbocycles. The Labute approximate surface area is 151 Å². The van der Waals surface area contributed by atoms with Gasteiger partial charge in [-0.05, 0) is 36.4 Å². The Balaban J connectivity index is 0.00000151. The van der Waals surface area contributed by atoms with Crippen LogP contribution in [0.4, 0.5) is 5.69 Å². The average Bonchev–Trinajstić information content (AvgIpc) is 2.63. The van der Waals surface area contributed by atoms with Crippen LogP contribution in [-0.2, 0) is 18.0 Å². The van der Waals surface area contributed by atoms with Crippen LogP contribution in [0.25, 0.3) is 10.9 Å². The van der Waals surface area contributed by atoms with Gasteiger partial charge in [-0.3, -0.25) is 4.79 Å². The highest BCUT2D eigenvalue weighted by atomic mass is 32.2. The van der Waals surface area contributed by atoms with E-state index in [2.05, 4.69) is 17.9 Å². The third kappa shape index (κ3) is 5.43. The van der Waals surface area contributed by atoms with Crippen LogP contribution in [0.5, 0.6) is 0 Å². The standard InChI is InChI=1S/C18H18N2O2S.C2H6/c1-4-6-8-16(7-5-2)23(22)19-15-10-11-17-14(13-15)9-12-18(21)20(17)3;1-2/h4-13,19H,1-2H2,3H3;1-2H3/b8-6-,16-7+;. The van der Waals surface area contributed by atoms with Crippen LogP contribution < -0.4 is 10.3 Å². The molecule has 0 aliphatic rings. The molecule has 25 heavy (non-hydrogen) atoms. The van der Waals surface area contributed by atoms with E-state index in [1.165, 1.54) is 6.07 Å². The largest absolute Gasteiger partial charge is 0.311 e. The molecule has 0 aliphatic heterocycles. The predicted octanol–water partition coefficient (Wildman–Crippen LogP) is 4.45. The summed E-state index contributed by atoms with van der Waals surface area (Å²) in [6, 6.07) is 8.74. The second-order valence-corrected chi connectivity index (χ2v) is 5.99. The quantitative estimate of drug-likeness (QED) is 0.777. The third-order valence-electron chi connectivity index (χ3n) is 3.23. The molecule has 1 unspecified atom stereocenters. The highest BCUT2D eigenvalue weighted by Crippen LogP contribution is 2.19. The van der Waals surface area contributed by atoms with Gasteiger partial charge in [-0.25, -0.2) is 4.21 Å². The fourth-order valence-electron chi connectivity index (χ4n) is 2.07. The Morgan fingerprint density at radius 2 is 1.88 bits per heavy atom.